The molecule has 0 atom stereocenters. The molecule has 0 saturated heterocycles. The highest BCUT2D eigenvalue weighted by atomic mass is 19.4. The predicted molar refractivity (Wildman–Crippen MR) is 109 cm³/mol. The fourth-order valence-electron chi connectivity index (χ4n) is 3.49. The van der Waals surface area contributed by atoms with Gasteiger partial charge in [-0.05, 0) is 18.6 Å². The first-order chi connectivity index (χ1) is 15.7. The second kappa shape index (κ2) is 7.29. The normalized spacial score (nSPS) is 11.9. The number of alkyl halides is 3. The first-order valence-corrected chi connectivity index (χ1v) is 9.52. The second-order valence-corrected chi connectivity index (χ2v) is 7.07. The van der Waals surface area contributed by atoms with E-state index in [4.69, 9.17) is 4.42 Å². The molecule has 9 nitrogen and oxygen atoms in total. The van der Waals surface area contributed by atoms with Crippen molar-refractivity contribution in [3.63, 3.8) is 0 Å². The molecular formula is C21H13F3N6O3. The third-order valence-corrected chi connectivity index (χ3v) is 4.90. The quantitative estimate of drug-likeness (QED) is 0.425. The van der Waals surface area contributed by atoms with Crippen LogP contribution in [0.3, 0.4) is 0 Å². The largest absolute Gasteiger partial charge is 0.493 e. The van der Waals surface area contributed by atoms with Crippen molar-refractivity contribution in [2.45, 2.75) is 13.1 Å². The Balaban J connectivity index is 1.73. The lowest BCUT2D eigenvalue weighted by molar-refractivity contribution is -0.140. The van der Waals surface area contributed by atoms with Crippen molar-refractivity contribution in [2.75, 3.05) is 0 Å². The van der Waals surface area contributed by atoms with Gasteiger partial charge in [0.2, 0.25) is 5.88 Å². The number of H-pyrrole nitrogens is 1. The van der Waals surface area contributed by atoms with Crippen LogP contribution >= 0.6 is 0 Å². The third-order valence-electron chi connectivity index (χ3n) is 4.90. The number of nitrogens with zero attached hydrogens (tertiary/aromatic N) is 5. The Labute approximate surface area is 182 Å². The monoisotopic (exact) mass is 454 g/mol. The van der Waals surface area contributed by atoms with Gasteiger partial charge in [0.1, 0.15) is 16.9 Å². The molecule has 2 N–H and O–H groups in total. The molecule has 12 heteroatoms. The van der Waals surface area contributed by atoms with Gasteiger partial charge in [0.05, 0.1) is 5.56 Å². The number of aromatic nitrogens is 6. The van der Waals surface area contributed by atoms with Crippen LogP contribution in [-0.4, -0.2) is 34.9 Å². The number of aromatic amines is 1. The number of hydrogen-bond acceptors (Lipinski definition) is 7. The van der Waals surface area contributed by atoms with Crippen LogP contribution in [0.4, 0.5) is 13.2 Å². The van der Waals surface area contributed by atoms with Crippen LogP contribution < -0.4 is 5.56 Å². The van der Waals surface area contributed by atoms with Gasteiger partial charge in [0.15, 0.2) is 5.69 Å². The molecule has 0 aliphatic carbocycles. The van der Waals surface area contributed by atoms with Gasteiger partial charge in [-0.2, -0.15) is 22.8 Å². The van der Waals surface area contributed by atoms with Crippen molar-refractivity contribution in [3.05, 3.63) is 70.3 Å². The van der Waals surface area contributed by atoms with Crippen molar-refractivity contribution in [3.8, 4) is 40.0 Å². The van der Waals surface area contributed by atoms with E-state index in [1.807, 2.05) is 0 Å². The van der Waals surface area contributed by atoms with Crippen molar-refractivity contribution in [1.82, 2.24) is 29.8 Å². The number of aryl methyl sites for hydroxylation is 1. The lowest BCUT2D eigenvalue weighted by Gasteiger charge is -2.07. The van der Waals surface area contributed by atoms with E-state index < -0.39 is 17.4 Å². The molecule has 4 heterocycles. The highest BCUT2D eigenvalue weighted by Crippen LogP contribution is 2.38. The molecule has 0 aliphatic rings. The molecular weight excluding hydrogens is 441 g/mol. The number of aromatic hydroxyl groups is 1. The van der Waals surface area contributed by atoms with Gasteiger partial charge in [-0.1, -0.05) is 36.4 Å². The number of hydrogen-bond donors (Lipinski definition) is 2. The first-order valence-electron chi connectivity index (χ1n) is 9.52. The van der Waals surface area contributed by atoms with E-state index >= 15 is 0 Å². The minimum absolute atomic E-state index is 0.0822. The molecule has 0 unspecified atom stereocenters. The van der Waals surface area contributed by atoms with E-state index in [-0.39, 0.29) is 51.4 Å². The zero-order valence-electron chi connectivity index (χ0n) is 16.8. The Kier molecular flexibility index (Phi) is 4.51. The van der Waals surface area contributed by atoms with Crippen LogP contribution in [0.2, 0.25) is 0 Å². The van der Waals surface area contributed by atoms with Crippen molar-refractivity contribution >= 4 is 5.65 Å². The summed E-state index contributed by atoms with van der Waals surface area (Å²) in [6.45, 7) is 1.50. The number of pyridine rings is 1. The summed E-state index contributed by atoms with van der Waals surface area (Å²) in [5.41, 5.74) is -1.96. The molecule has 166 valence electrons. The maximum absolute atomic E-state index is 13.8. The number of halogens is 3. The number of fused-ring (bicyclic) bond motifs is 1. The highest BCUT2D eigenvalue weighted by molar-refractivity contribution is 5.81. The summed E-state index contributed by atoms with van der Waals surface area (Å²) in [5.74, 6) is -0.588. The summed E-state index contributed by atoms with van der Waals surface area (Å²) >= 11 is 0. The van der Waals surface area contributed by atoms with E-state index in [0.29, 0.717) is 4.52 Å². The summed E-state index contributed by atoms with van der Waals surface area (Å²) in [5, 5.41) is 20.8. The van der Waals surface area contributed by atoms with Gasteiger partial charge in [0.25, 0.3) is 17.3 Å². The Morgan fingerprint density at radius 3 is 2.42 bits per heavy atom. The van der Waals surface area contributed by atoms with Crippen LogP contribution in [0.15, 0.2) is 57.7 Å². The van der Waals surface area contributed by atoms with Gasteiger partial charge >= 0.3 is 6.18 Å². The number of benzene rings is 1. The predicted octanol–water partition coefficient (Wildman–Crippen LogP) is 3.83. The van der Waals surface area contributed by atoms with Crippen molar-refractivity contribution in [2.24, 2.45) is 0 Å². The van der Waals surface area contributed by atoms with Crippen LogP contribution in [0.1, 0.15) is 11.4 Å². The van der Waals surface area contributed by atoms with Crippen molar-refractivity contribution in [1.29, 1.82) is 0 Å². The van der Waals surface area contributed by atoms with E-state index in [2.05, 4.69) is 25.3 Å². The molecule has 5 rings (SSSR count). The Morgan fingerprint density at radius 2 is 1.73 bits per heavy atom. The minimum atomic E-state index is -4.80. The topological polar surface area (TPSA) is 122 Å². The van der Waals surface area contributed by atoms with Crippen LogP contribution in [0.25, 0.3) is 39.8 Å². The summed E-state index contributed by atoms with van der Waals surface area (Å²) in [7, 11) is 0. The highest BCUT2D eigenvalue weighted by Gasteiger charge is 2.39. The minimum Gasteiger partial charge on any atom is -0.493 e. The van der Waals surface area contributed by atoms with E-state index in [0.717, 1.165) is 0 Å². The van der Waals surface area contributed by atoms with Crippen LogP contribution in [0, 0.1) is 6.92 Å². The second-order valence-electron chi connectivity index (χ2n) is 7.07. The smallest absolute Gasteiger partial charge is 0.435 e. The fraction of sp³-hybridized carbons (Fsp3) is 0.0952. The Morgan fingerprint density at radius 1 is 1.00 bits per heavy atom. The molecule has 0 radical (unpaired) electrons. The SMILES string of the molecule is Cc1[nH]c2c(-c3ccccc3)c(C(F)(F)F)nn2c(=O)c1-c1nnc(-c2cccc(O)n2)o1. The standard InChI is InChI=1S/C21H13F3N6O3/c1-10-14(19-28-27-18(33-19)12-8-5-9-13(31)26-12)20(32)30-17(25-10)15(11-6-3-2-4-7-11)16(29-30)21(22,23)24/h2-9,25H,1H3,(H,26,31). The van der Waals surface area contributed by atoms with Crippen molar-refractivity contribution < 1.29 is 22.7 Å². The van der Waals surface area contributed by atoms with E-state index in [9.17, 15) is 23.1 Å². The van der Waals surface area contributed by atoms with E-state index in [1.165, 1.54) is 37.3 Å². The number of rotatable bonds is 3. The van der Waals surface area contributed by atoms with Crippen LogP contribution in [0.5, 0.6) is 5.88 Å². The fourth-order valence-corrected chi connectivity index (χ4v) is 3.49. The molecule has 1 aromatic carbocycles. The van der Waals surface area contributed by atoms with Gasteiger partial charge in [-0.25, -0.2) is 4.98 Å². The average molecular weight is 454 g/mol. The molecule has 0 fully saturated rings. The molecule has 0 amide bonds. The maximum Gasteiger partial charge on any atom is 0.435 e. The zero-order valence-corrected chi connectivity index (χ0v) is 16.8. The molecule has 0 spiro atoms. The summed E-state index contributed by atoms with van der Waals surface area (Å²) in [6, 6.07) is 12.2. The molecule has 5 aromatic rings. The maximum atomic E-state index is 13.8. The van der Waals surface area contributed by atoms with Gasteiger partial charge < -0.3 is 14.5 Å². The first kappa shape index (κ1) is 20.4. The van der Waals surface area contributed by atoms with Gasteiger partial charge in [-0.15, -0.1) is 10.2 Å². The summed E-state index contributed by atoms with van der Waals surface area (Å²) in [6.07, 6.45) is -4.80. The molecule has 0 saturated carbocycles. The average Bonchev–Trinajstić information content (AvgIpc) is 3.40. The Bertz CT molecular complexity index is 1550. The number of nitrogens with one attached hydrogen (secondary N) is 1. The lowest BCUT2D eigenvalue weighted by atomic mass is 10.1. The third kappa shape index (κ3) is 3.41. The molecule has 33 heavy (non-hydrogen) atoms. The molecule has 4 aromatic heterocycles. The molecule has 0 aliphatic heterocycles. The van der Waals surface area contributed by atoms with Gasteiger partial charge in [-0.3, -0.25) is 4.79 Å². The molecule has 0 bridgehead atoms. The van der Waals surface area contributed by atoms with E-state index in [1.54, 1.807) is 18.2 Å². The zero-order chi connectivity index (χ0) is 23.3. The van der Waals surface area contributed by atoms with Gasteiger partial charge in [0, 0.05) is 11.8 Å². The lowest BCUT2D eigenvalue weighted by Crippen LogP contribution is -2.20. The summed E-state index contributed by atoms with van der Waals surface area (Å²) in [4.78, 5) is 19.9. The van der Waals surface area contributed by atoms with Crippen LogP contribution in [-0.2, 0) is 6.18 Å². The Hall–Kier alpha value is -4.48. The summed E-state index contributed by atoms with van der Waals surface area (Å²) < 4.78 is 47.5.